The van der Waals surface area contributed by atoms with Crippen molar-refractivity contribution in [2.75, 3.05) is 17.8 Å². The second-order valence-electron chi connectivity index (χ2n) is 8.18. The fourth-order valence-electron chi connectivity index (χ4n) is 3.74. The summed E-state index contributed by atoms with van der Waals surface area (Å²) in [4.78, 5) is 14.6. The van der Waals surface area contributed by atoms with E-state index in [1.807, 2.05) is 6.92 Å². The molecule has 9 heteroatoms. The van der Waals surface area contributed by atoms with Crippen molar-refractivity contribution in [3.8, 4) is 5.75 Å². The number of nitrogens with zero attached hydrogens (tertiary/aromatic N) is 1. The van der Waals surface area contributed by atoms with Gasteiger partial charge in [0.25, 0.3) is 15.9 Å². The minimum Gasteiger partial charge on any atom is -0.487 e. The van der Waals surface area contributed by atoms with E-state index in [9.17, 15) is 22.0 Å². The molecule has 1 saturated heterocycles. The molecule has 3 aromatic rings. The van der Waals surface area contributed by atoms with Crippen LogP contribution in [0.2, 0.25) is 0 Å². The minimum atomic E-state index is -3.87. The van der Waals surface area contributed by atoms with Gasteiger partial charge in [0.05, 0.1) is 4.90 Å². The molecule has 1 aliphatic heterocycles. The van der Waals surface area contributed by atoms with Gasteiger partial charge in [-0.25, -0.2) is 17.2 Å². The van der Waals surface area contributed by atoms with Crippen molar-refractivity contribution in [3.05, 3.63) is 89.5 Å². The van der Waals surface area contributed by atoms with Crippen LogP contribution in [0.3, 0.4) is 0 Å². The van der Waals surface area contributed by atoms with Crippen LogP contribution < -0.4 is 9.46 Å². The SMILES string of the molecule is Cc1ccc(NS(=O)(=O)c2cccc(C(=O)N3CCC(Oc4ccc(F)cc4F)CC3)c2)cc1. The molecule has 0 unspecified atom stereocenters. The van der Waals surface area contributed by atoms with Gasteiger partial charge in [-0.3, -0.25) is 9.52 Å². The molecule has 0 aromatic heterocycles. The Hall–Kier alpha value is -3.46. The maximum Gasteiger partial charge on any atom is 0.261 e. The van der Waals surface area contributed by atoms with Crippen LogP contribution >= 0.6 is 0 Å². The first-order chi connectivity index (χ1) is 16.2. The van der Waals surface area contributed by atoms with Gasteiger partial charge in [-0.15, -0.1) is 0 Å². The van der Waals surface area contributed by atoms with Crippen LogP contribution in [0.25, 0.3) is 0 Å². The number of carbonyl (C=O) groups excluding carboxylic acids is 1. The van der Waals surface area contributed by atoms with Crippen LogP contribution in [0.1, 0.15) is 28.8 Å². The highest BCUT2D eigenvalue weighted by molar-refractivity contribution is 7.92. The van der Waals surface area contributed by atoms with E-state index in [4.69, 9.17) is 4.74 Å². The third-order valence-corrected chi connectivity index (χ3v) is 6.99. The lowest BCUT2D eigenvalue weighted by Crippen LogP contribution is -2.41. The summed E-state index contributed by atoms with van der Waals surface area (Å²) in [5.41, 5.74) is 1.70. The van der Waals surface area contributed by atoms with E-state index in [1.54, 1.807) is 35.2 Å². The summed E-state index contributed by atoms with van der Waals surface area (Å²) in [6, 6.07) is 16.0. The second kappa shape index (κ2) is 9.80. The molecule has 3 aromatic carbocycles. The number of piperidine rings is 1. The molecule has 178 valence electrons. The van der Waals surface area contributed by atoms with Crippen molar-refractivity contribution >= 4 is 21.6 Å². The van der Waals surface area contributed by atoms with Gasteiger partial charge in [-0.05, 0) is 49.4 Å². The van der Waals surface area contributed by atoms with E-state index < -0.39 is 21.7 Å². The Balaban J connectivity index is 1.40. The van der Waals surface area contributed by atoms with Crippen molar-refractivity contribution in [1.82, 2.24) is 4.90 Å². The first kappa shape index (κ1) is 23.7. The van der Waals surface area contributed by atoms with Crippen LogP contribution in [0.5, 0.6) is 5.75 Å². The van der Waals surface area contributed by atoms with E-state index >= 15 is 0 Å². The van der Waals surface area contributed by atoms with E-state index in [1.165, 1.54) is 24.3 Å². The van der Waals surface area contributed by atoms with E-state index in [0.29, 0.717) is 31.6 Å². The Morgan fingerprint density at radius 1 is 1.00 bits per heavy atom. The monoisotopic (exact) mass is 486 g/mol. The first-order valence-electron chi connectivity index (χ1n) is 10.8. The number of hydrogen-bond acceptors (Lipinski definition) is 4. The average molecular weight is 487 g/mol. The number of halogens is 2. The van der Waals surface area contributed by atoms with Gasteiger partial charge in [-0.2, -0.15) is 0 Å². The summed E-state index contributed by atoms with van der Waals surface area (Å²) in [6.07, 6.45) is 0.625. The molecule has 0 atom stereocenters. The topological polar surface area (TPSA) is 75.7 Å². The van der Waals surface area contributed by atoms with Crippen molar-refractivity contribution in [1.29, 1.82) is 0 Å². The number of hydrogen-bond donors (Lipinski definition) is 1. The van der Waals surface area contributed by atoms with Crippen LogP contribution in [0, 0.1) is 18.6 Å². The zero-order valence-electron chi connectivity index (χ0n) is 18.5. The Bertz CT molecular complexity index is 1290. The molecular formula is C25H24F2N2O4S. The number of anilines is 1. The van der Waals surface area contributed by atoms with Crippen LogP contribution in [-0.4, -0.2) is 38.4 Å². The molecule has 0 radical (unpaired) electrons. The quantitative estimate of drug-likeness (QED) is 0.545. The molecule has 1 heterocycles. The summed E-state index contributed by atoms with van der Waals surface area (Å²) in [5, 5.41) is 0. The summed E-state index contributed by atoms with van der Waals surface area (Å²) < 4.78 is 60.7. The van der Waals surface area contributed by atoms with Gasteiger partial charge < -0.3 is 9.64 Å². The molecule has 4 rings (SSSR count). The number of aryl methyl sites for hydroxylation is 1. The van der Waals surface area contributed by atoms with Crippen LogP contribution in [0.4, 0.5) is 14.5 Å². The largest absolute Gasteiger partial charge is 0.487 e. The molecule has 0 saturated carbocycles. The maximum absolute atomic E-state index is 13.8. The van der Waals surface area contributed by atoms with Crippen LogP contribution in [0.15, 0.2) is 71.6 Å². The molecule has 0 spiro atoms. The molecule has 6 nitrogen and oxygen atoms in total. The van der Waals surface area contributed by atoms with Crippen molar-refractivity contribution in [2.24, 2.45) is 0 Å². The molecular weight excluding hydrogens is 462 g/mol. The zero-order chi connectivity index (χ0) is 24.3. The zero-order valence-corrected chi connectivity index (χ0v) is 19.3. The fraction of sp³-hybridized carbons (Fsp3) is 0.240. The van der Waals surface area contributed by atoms with Gasteiger partial charge in [-0.1, -0.05) is 23.8 Å². The highest BCUT2D eigenvalue weighted by Gasteiger charge is 2.26. The Morgan fingerprint density at radius 2 is 1.71 bits per heavy atom. The molecule has 1 fully saturated rings. The maximum atomic E-state index is 13.8. The molecule has 0 aliphatic carbocycles. The summed E-state index contributed by atoms with van der Waals surface area (Å²) >= 11 is 0. The average Bonchev–Trinajstić information content (AvgIpc) is 2.82. The molecule has 1 amide bonds. The third-order valence-electron chi connectivity index (χ3n) is 5.61. The molecule has 0 bridgehead atoms. The summed E-state index contributed by atoms with van der Waals surface area (Å²) in [7, 11) is -3.87. The highest BCUT2D eigenvalue weighted by atomic mass is 32.2. The Kier molecular flexibility index (Phi) is 6.83. The Morgan fingerprint density at radius 3 is 2.38 bits per heavy atom. The molecule has 1 aliphatic rings. The first-order valence-corrected chi connectivity index (χ1v) is 12.3. The Labute approximate surface area is 197 Å². The lowest BCUT2D eigenvalue weighted by molar-refractivity contribution is 0.0588. The number of rotatable bonds is 6. The number of likely N-dealkylation sites (tertiary alicyclic amines) is 1. The predicted octanol–water partition coefficient (Wildman–Crippen LogP) is 4.76. The normalized spacial score (nSPS) is 14.6. The van der Waals surface area contributed by atoms with Crippen molar-refractivity contribution in [2.45, 2.75) is 30.8 Å². The number of sulfonamides is 1. The number of ether oxygens (including phenoxy) is 1. The van der Waals surface area contributed by atoms with E-state index in [0.717, 1.165) is 17.7 Å². The van der Waals surface area contributed by atoms with E-state index in [-0.39, 0.29) is 28.2 Å². The lowest BCUT2D eigenvalue weighted by atomic mass is 10.1. The van der Waals surface area contributed by atoms with Gasteiger partial charge in [0, 0.05) is 43.2 Å². The third kappa shape index (κ3) is 5.53. The van der Waals surface area contributed by atoms with Gasteiger partial charge in [0.15, 0.2) is 11.6 Å². The van der Waals surface area contributed by atoms with Gasteiger partial charge in [0.1, 0.15) is 11.9 Å². The van der Waals surface area contributed by atoms with E-state index in [2.05, 4.69) is 4.72 Å². The summed E-state index contributed by atoms with van der Waals surface area (Å²) in [5.74, 6) is -1.76. The molecule has 34 heavy (non-hydrogen) atoms. The smallest absolute Gasteiger partial charge is 0.261 e. The van der Waals surface area contributed by atoms with Crippen LogP contribution in [-0.2, 0) is 10.0 Å². The van der Waals surface area contributed by atoms with Crippen molar-refractivity contribution in [3.63, 3.8) is 0 Å². The minimum absolute atomic E-state index is 0.0103. The number of carbonyl (C=O) groups is 1. The van der Waals surface area contributed by atoms with Gasteiger partial charge >= 0.3 is 0 Å². The number of nitrogens with one attached hydrogen (secondary N) is 1. The van der Waals surface area contributed by atoms with Gasteiger partial charge in [0.2, 0.25) is 0 Å². The molecule has 1 N–H and O–H groups in total. The summed E-state index contributed by atoms with van der Waals surface area (Å²) in [6.45, 7) is 2.64. The highest BCUT2D eigenvalue weighted by Crippen LogP contribution is 2.24. The number of benzene rings is 3. The standard InChI is InChI=1S/C25H24F2N2O4S/c1-17-5-8-20(9-6-17)28-34(31,32)22-4-2-3-18(15-22)25(30)29-13-11-21(12-14-29)33-24-10-7-19(26)16-23(24)27/h2-10,15-16,21,28H,11-14H2,1H3. The second-order valence-corrected chi connectivity index (χ2v) is 9.87. The van der Waals surface area contributed by atoms with Crippen molar-refractivity contribution < 1.29 is 26.7 Å². The fourth-order valence-corrected chi connectivity index (χ4v) is 4.85. The predicted molar refractivity (Wildman–Crippen MR) is 124 cm³/mol. The number of amides is 1. The lowest BCUT2D eigenvalue weighted by Gasteiger charge is -2.32.